The maximum absolute atomic E-state index is 11.8. The van der Waals surface area contributed by atoms with Gasteiger partial charge in [0.05, 0.1) is 6.04 Å². The summed E-state index contributed by atoms with van der Waals surface area (Å²) in [5, 5.41) is 0. The number of rotatable bonds is 2. The van der Waals surface area contributed by atoms with Crippen molar-refractivity contribution in [2.45, 2.75) is 33.7 Å². The van der Waals surface area contributed by atoms with E-state index in [1.807, 2.05) is 30.6 Å². The van der Waals surface area contributed by atoms with E-state index in [1.54, 1.807) is 0 Å². The van der Waals surface area contributed by atoms with E-state index in [0.29, 0.717) is 0 Å². The van der Waals surface area contributed by atoms with Crippen LogP contribution in [-0.2, 0) is 0 Å². The summed E-state index contributed by atoms with van der Waals surface area (Å²) in [6.07, 6.45) is 2.13. The molecule has 1 rings (SSSR count). The van der Waals surface area contributed by atoms with E-state index in [4.69, 9.17) is 0 Å². The first kappa shape index (κ1) is 10.1. The summed E-state index contributed by atoms with van der Waals surface area (Å²) in [6.45, 7) is 9.59. The fourth-order valence-corrected chi connectivity index (χ4v) is 1.82. The second-order valence-electron chi connectivity index (χ2n) is 3.36. The molecular formula is C10H18N2O. The highest BCUT2D eigenvalue weighted by atomic mass is 16.2. The van der Waals surface area contributed by atoms with Crippen molar-refractivity contribution in [2.75, 3.05) is 13.1 Å². The Kier molecular flexibility index (Phi) is 2.96. The van der Waals surface area contributed by atoms with E-state index < -0.39 is 0 Å². The first-order chi connectivity index (χ1) is 6.11. The number of hydrogen-bond donors (Lipinski definition) is 0. The van der Waals surface area contributed by atoms with Crippen LogP contribution in [0, 0.1) is 0 Å². The zero-order valence-electron chi connectivity index (χ0n) is 8.87. The number of amides is 2. The molecule has 13 heavy (non-hydrogen) atoms. The predicted molar refractivity (Wildman–Crippen MR) is 53.4 cm³/mol. The van der Waals surface area contributed by atoms with Gasteiger partial charge in [-0.25, -0.2) is 4.79 Å². The Bertz CT molecular complexity index is 235. The van der Waals surface area contributed by atoms with E-state index >= 15 is 0 Å². The number of hydrogen-bond acceptors (Lipinski definition) is 1. The van der Waals surface area contributed by atoms with Gasteiger partial charge in [-0.05, 0) is 33.8 Å². The third kappa shape index (κ3) is 1.69. The molecule has 3 heteroatoms. The van der Waals surface area contributed by atoms with Gasteiger partial charge in [-0.15, -0.1) is 0 Å². The summed E-state index contributed by atoms with van der Waals surface area (Å²) >= 11 is 0. The zero-order valence-corrected chi connectivity index (χ0v) is 8.87. The summed E-state index contributed by atoms with van der Waals surface area (Å²) in [4.78, 5) is 15.5. The minimum atomic E-state index is 0.137. The third-order valence-electron chi connectivity index (χ3n) is 2.53. The quantitative estimate of drug-likeness (QED) is 0.641. The van der Waals surface area contributed by atoms with Gasteiger partial charge in [-0.2, -0.15) is 0 Å². The van der Waals surface area contributed by atoms with Gasteiger partial charge in [-0.3, -0.25) is 4.90 Å². The molecule has 0 aliphatic carbocycles. The van der Waals surface area contributed by atoms with Crippen molar-refractivity contribution in [3.05, 3.63) is 11.8 Å². The Morgan fingerprint density at radius 3 is 2.46 bits per heavy atom. The molecule has 0 N–H and O–H groups in total. The van der Waals surface area contributed by atoms with Crippen LogP contribution in [0.5, 0.6) is 0 Å². The number of likely N-dealkylation sites (N-methyl/N-ethyl adjacent to an activating group) is 1. The highest BCUT2D eigenvalue weighted by molar-refractivity contribution is 5.78. The lowest BCUT2D eigenvalue weighted by Gasteiger charge is -2.37. The van der Waals surface area contributed by atoms with Crippen molar-refractivity contribution < 1.29 is 4.79 Å². The lowest BCUT2D eigenvalue weighted by molar-refractivity contribution is 0.152. The van der Waals surface area contributed by atoms with Gasteiger partial charge in [0.2, 0.25) is 0 Å². The highest BCUT2D eigenvalue weighted by Crippen LogP contribution is 2.18. The number of carbonyl (C=O) groups is 1. The molecule has 74 valence electrons. The molecule has 1 aliphatic rings. The predicted octanol–water partition coefficient (Wildman–Crippen LogP) is 2.06. The lowest BCUT2D eigenvalue weighted by Crippen LogP contribution is -2.49. The number of urea groups is 1. The van der Waals surface area contributed by atoms with E-state index in [2.05, 4.69) is 13.0 Å². The van der Waals surface area contributed by atoms with Gasteiger partial charge < -0.3 is 4.90 Å². The maximum atomic E-state index is 11.8. The molecule has 0 radical (unpaired) electrons. The van der Waals surface area contributed by atoms with Gasteiger partial charge in [0.15, 0.2) is 0 Å². The molecule has 0 saturated heterocycles. The Morgan fingerprint density at radius 2 is 2.00 bits per heavy atom. The molecule has 0 bridgehead atoms. The normalized spacial score (nSPS) is 23.5. The van der Waals surface area contributed by atoms with Gasteiger partial charge >= 0.3 is 6.03 Å². The smallest absolute Gasteiger partial charge is 0.318 e. The van der Waals surface area contributed by atoms with Crippen LogP contribution in [0.25, 0.3) is 0 Å². The van der Waals surface area contributed by atoms with Crippen molar-refractivity contribution >= 4 is 6.03 Å². The molecule has 1 unspecified atom stereocenters. The molecule has 0 fully saturated rings. The third-order valence-corrected chi connectivity index (χ3v) is 2.53. The standard InChI is InChI=1S/C10H18N2O/c1-5-11-8(3)7-9(4)12(6-2)10(11)13/h7-8H,5-6H2,1-4H3. The molecule has 1 aliphatic heterocycles. The van der Waals surface area contributed by atoms with Crippen LogP contribution in [0.15, 0.2) is 11.8 Å². The van der Waals surface area contributed by atoms with Crippen LogP contribution in [0.4, 0.5) is 4.79 Å². The Balaban J connectivity index is 2.92. The van der Waals surface area contributed by atoms with Crippen LogP contribution in [0.2, 0.25) is 0 Å². The number of allylic oxidation sites excluding steroid dienone is 1. The fourth-order valence-electron chi connectivity index (χ4n) is 1.82. The van der Waals surface area contributed by atoms with Gasteiger partial charge in [0.1, 0.15) is 0 Å². The largest absolute Gasteiger partial charge is 0.324 e. The second kappa shape index (κ2) is 3.81. The molecule has 0 saturated carbocycles. The van der Waals surface area contributed by atoms with E-state index in [9.17, 15) is 4.79 Å². The first-order valence-corrected chi connectivity index (χ1v) is 4.88. The van der Waals surface area contributed by atoms with Crippen molar-refractivity contribution in [2.24, 2.45) is 0 Å². The molecule has 0 aromatic carbocycles. The molecule has 0 aromatic rings. The number of nitrogens with zero attached hydrogens (tertiary/aromatic N) is 2. The van der Waals surface area contributed by atoms with E-state index in [0.717, 1.165) is 18.8 Å². The van der Waals surface area contributed by atoms with Crippen molar-refractivity contribution in [3.63, 3.8) is 0 Å². The summed E-state index contributed by atoms with van der Waals surface area (Å²) < 4.78 is 0. The summed E-state index contributed by atoms with van der Waals surface area (Å²) in [6, 6.07) is 0.373. The SMILES string of the molecule is CCN1C(=O)N(CC)C(C)C=C1C. The maximum Gasteiger partial charge on any atom is 0.324 e. The van der Waals surface area contributed by atoms with Crippen molar-refractivity contribution in [1.82, 2.24) is 9.80 Å². The number of carbonyl (C=O) groups excluding carboxylic acids is 1. The summed E-state index contributed by atoms with van der Waals surface area (Å²) in [5.74, 6) is 0. The van der Waals surface area contributed by atoms with E-state index in [1.165, 1.54) is 0 Å². The van der Waals surface area contributed by atoms with Crippen LogP contribution >= 0.6 is 0 Å². The average molecular weight is 182 g/mol. The minimum absolute atomic E-state index is 0.137. The zero-order chi connectivity index (χ0) is 10.0. The summed E-state index contributed by atoms with van der Waals surface area (Å²) in [7, 11) is 0. The van der Waals surface area contributed by atoms with Crippen LogP contribution in [-0.4, -0.2) is 35.0 Å². The van der Waals surface area contributed by atoms with Crippen LogP contribution in [0.1, 0.15) is 27.7 Å². The lowest BCUT2D eigenvalue weighted by atomic mass is 10.2. The highest BCUT2D eigenvalue weighted by Gasteiger charge is 2.27. The molecular weight excluding hydrogens is 164 g/mol. The molecule has 3 nitrogen and oxygen atoms in total. The Morgan fingerprint density at radius 1 is 1.38 bits per heavy atom. The average Bonchev–Trinajstić information content (AvgIpc) is 2.04. The molecule has 1 heterocycles. The topological polar surface area (TPSA) is 23.6 Å². The first-order valence-electron chi connectivity index (χ1n) is 4.88. The Labute approximate surface area is 80.0 Å². The van der Waals surface area contributed by atoms with Crippen LogP contribution < -0.4 is 0 Å². The van der Waals surface area contributed by atoms with Gasteiger partial charge in [-0.1, -0.05) is 0 Å². The van der Waals surface area contributed by atoms with Crippen LogP contribution in [0.3, 0.4) is 0 Å². The summed E-state index contributed by atoms with van der Waals surface area (Å²) in [5.41, 5.74) is 1.07. The molecule has 2 amide bonds. The molecule has 1 atom stereocenters. The van der Waals surface area contributed by atoms with E-state index in [-0.39, 0.29) is 12.1 Å². The second-order valence-corrected chi connectivity index (χ2v) is 3.36. The Hall–Kier alpha value is -0.990. The van der Waals surface area contributed by atoms with Crippen molar-refractivity contribution in [1.29, 1.82) is 0 Å². The minimum Gasteiger partial charge on any atom is -0.318 e. The van der Waals surface area contributed by atoms with Gasteiger partial charge in [0.25, 0.3) is 0 Å². The van der Waals surface area contributed by atoms with Crippen molar-refractivity contribution in [3.8, 4) is 0 Å². The van der Waals surface area contributed by atoms with Gasteiger partial charge in [0, 0.05) is 18.8 Å². The monoisotopic (exact) mass is 182 g/mol. The fraction of sp³-hybridized carbons (Fsp3) is 0.700. The molecule has 0 aromatic heterocycles. The molecule has 0 spiro atoms.